The number of ether oxygens (including phenoxy) is 3. The van der Waals surface area contributed by atoms with Crippen LogP contribution in [0.15, 0.2) is 47.6 Å². The monoisotopic (exact) mass is 451 g/mol. The number of carbonyl (C=O) groups is 2. The third-order valence-electron chi connectivity index (χ3n) is 5.67. The minimum atomic E-state index is -0.429. The van der Waals surface area contributed by atoms with Gasteiger partial charge in [-0.25, -0.2) is 10.4 Å². The van der Waals surface area contributed by atoms with Crippen LogP contribution in [-0.2, 0) is 9.59 Å². The van der Waals surface area contributed by atoms with Gasteiger partial charge < -0.3 is 19.5 Å². The third kappa shape index (κ3) is 4.42. The first-order valence-electron chi connectivity index (χ1n) is 10.9. The summed E-state index contributed by atoms with van der Waals surface area (Å²) in [4.78, 5) is 25.6. The lowest BCUT2D eigenvalue weighted by Crippen LogP contribution is -2.52. The first kappa shape index (κ1) is 21.1. The minimum Gasteiger partial charge on any atom is -0.494 e. The van der Waals surface area contributed by atoms with E-state index in [2.05, 4.69) is 15.8 Å². The second-order valence-electron chi connectivity index (χ2n) is 7.88. The number of rotatable bonds is 6. The fourth-order valence-corrected chi connectivity index (χ4v) is 4.09. The van der Waals surface area contributed by atoms with Gasteiger partial charge in [-0.2, -0.15) is 5.10 Å². The van der Waals surface area contributed by atoms with Crippen molar-refractivity contribution in [2.45, 2.75) is 25.4 Å². The van der Waals surface area contributed by atoms with Crippen molar-refractivity contribution in [3.8, 4) is 17.2 Å². The minimum absolute atomic E-state index is 0.0347. The van der Waals surface area contributed by atoms with E-state index in [0.29, 0.717) is 43.4 Å². The number of carbonyl (C=O) groups excluding carboxylic acids is 2. The highest BCUT2D eigenvalue weighted by atomic mass is 16.6. The molecule has 2 unspecified atom stereocenters. The largest absolute Gasteiger partial charge is 0.494 e. The van der Waals surface area contributed by atoms with Gasteiger partial charge in [0.15, 0.2) is 11.5 Å². The van der Waals surface area contributed by atoms with Crippen LogP contribution < -0.4 is 25.0 Å². The Hall–Kier alpha value is -3.79. The average molecular weight is 451 g/mol. The number of hydrogen-bond acceptors (Lipinski definition) is 8. The summed E-state index contributed by atoms with van der Waals surface area (Å²) in [6, 6.07) is 12.5. The molecule has 0 aliphatic carbocycles. The van der Waals surface area contributed by atoms with Crippen LogP contribution in [0.2, 0.25) is 0 Å². The number of hydrazone groups is 1. The molecule has 1 saturated heterocycles. The number of hydrogen-bond donors (Lipinski definition) is 2. The van der Waals surface area contributed by atoms with E-state index in [1.807, 2.05) is 31.2 Å². The SMILES string of the molecule is CCOc1ccc(C2CC3C(=O)N(CC(=O)Nc4ccc5c(c4)OCCO5)N=CN3N2)cc1. The molecule has 0 saturated carbocycles. The molecule has 3 aliphatic rings. The van der Waals surface area contributed by atoms with E-state index < -0.39 is 6.04 Å². The van der Waals surface area contributed by atoms with Crippen LogP contribution in [0.5, 0.6) is 17.2 Å². The summed E-state index contributed by atoms with van der Waals surface area (Å²) >= 11 is 0. The van der Waals surface area contributed by atoms with E-state index in [1.54, 1.807) is 29.5 Å². The van der Waals surface area contributed by atoms with E-state index in [1.165, 1.54) is 5.01 Å². The van der Waals surface area contributed by atoms with Gasteiger partial charge in [-0.05, 0) is 43.2 Å². The number of nitrogens with one attached hydrogen (secondary N) is 2. The summed E-state index contributed by atoms with van der Waals surface area (Å²) in [6.45, 7) is 3.34. The summed E-state index contributed by atoms with van der Waals surface area (Å²) < 4.78 is 16.5. The summed E-state index contributed by atoms with van der Waals surface area (Å²) in [5, 5.41) is 9.87. The van der Waals surface area contributed by atoms with Crippen LogP contribution in [0.3, 0.4) is 0 Å². The van der Waals surface area contributed by atoms with Gasteiger partial charge in [-0.3, -0.25) is 14.6 Å². The van der Waals surface area contributed by atoms with Crippen LogP contribution in [0.1, 0.15) is 24.9 Å². The summed E-state index contributed by atoms with van der Waals surface area (Å²) in [7, 11) is 0. The fourth-order valence-electron chi connectivity index (χ4n) is 4.09. The van der Waals surface area contributed by atoms with Crippen molar-refractivity contribution in [2.24, 2.45) is 5.10 Å². The number of nitrogens with zero attached hydrogens (tertiary/aromatic N) is 3. The van der Waals surface area contributed by atoms with Crippen molar-refractivity contribution in [1.29, 1.82) is 0 Å². The van der Waals surface area contributed by atoms with Crippen molar-refractivity contribution >= 4 is 23.8 Å². The molecule has 0 bridgehead atoms. The second-order valence-corrected chi connectivity index (χ2v) is 7.88. The Kier molecular flexibility index (Phi) is 5.74. The maximum Gasteiger partial charge on any atom is 0.267 e. The molecule has 0 radical (unpaired) electrons. The highest BCUT2D eigenvalue weighted by molar-refractivity contribution is 5.96. The number of anilines is 1. The van der Waals surface area contributed by atoms with Crippen molar-refractivity contribution in [2.75, 3.05) is 31.7 Å². The molecular weight excluding hydrogens is 426 g/mol. The Labute approximate surface area is 191 Å². The molecule has 10 nitrogen and oxygen atoms in total. The molecular formula is C23H25N5O5. The first-order chi connectivity index (χ1) is 16.1. The van der Waals surface area contributed by atoms with Gasteiger partial charge in [0.1, 0.15) is 37.9 Å². The topological polar surface area (TPSA) is 105 Å². The Morgan fingerprint density at radius 3 is 2.76 bits per heavy atom. The van der Waals surface area contributed by atoms with Gasteiger partial charge >= 0.3 is 0 Å². The number of fused-ring (bicyclic) bond motifs is 2. The van der Waals surface area contributed by atoms with Crippen molar-refractivity contribution in [3.05, 3.63) is 48.0 Å². The van der Waals surface area contributed by atoms with Crippen LogP contribution in [0.4, 0.5) is 5.69 Å². The molecule has 0 aromatic heterocycles. The van der Waals surface area contributed by atoms with E-state index in [9.17, 15) is 9.59 Å². The van der Waals surface area contributed by atoms with Crippen LogP contribution >= 0.6 is 0 Å². The molecule has 10 heteroatoms. The predicted molar refractivity (Wildman–Crippen MR) is 120 cm³/mol. The molecule has 2 N–H and O–H groups in total. The molecule has 2 atom stereocenters. The quantitative estimate of drug-likeness (QED) is 0.691. The van der Waals surface area contributed by atoms with Gasteiger partial charge in [0.05, 0.1) is 12.6 Å². The van der Waals surface area contributed by atoms with Crippen LogP contribution in [-0.4, -0.2) is 60.6 Å². The molecule has 2 aromatic rings. The zero-order valence-corrected chi connectivity index (χ0v) is 18.2. The third-order valence-corrected chi connectivity index (χ3v) is 5.67. The van der Waals surface area contributed by atoms with Gasteiger partial charge in [0.25, 0.3) is 5.91 Å². The standard InChI is InChI=1S/C23H25N5O5/c1-2-31-17-6-3-15(4-7-17)18-12-19-23(30)27(24-14-28(19)26-18)13-22(29)25-16-5-8-20-21(11-16)33-10-9-32-20/h3-8,11,14,18-19,26H,2,9-10,12-13H2,1H3,(H,25,29). The molecule has 0 spiro atoms. The van der Waals surface area contributed by atoms with Crippen LogP contribution in [0.25, 0.3) is 0 Å². The molecule has 2 amide bonds. The Bertz CT molecular complexity index is 1070. The summed E-state index contributed by atoms with van der Waals surface area (Å²) in [5.41, 5.74) is 4.92. The Balaban J connectivity index is 1.19. The highest BCUT2D eigenvalue weighted by Gasteiger charge is 2.41. The number of hydrazine groups is 1. The first-order valence-corrected chi connectivity index (χ1v) is 10.9. The molecule has 2 aromatic carbocycles. The van der Waals surface area contributed by atoms with E-state index in [-0.39, 0.29) is 24.4 Å². The predicted octanol–water partition coefficient (Wildman–Crippen LogP) is 1.90. The van der Waals surface area contributed by atoms with Gasteiger partial charge in [-0.1, -0.05) is 12.1 Å². The number of benzene rings is 2. The fraction of sp³-hybridized carbons (Fsp3) is 0.348. The normalized spacial score (nSPS) is 21.1. The maximum absolute atomic E-state index is 13.0. The Morgan fingerprint density at radius 1 is 1.18 bits per heavy atom. The average Bonchev–Trinajstić information content (AvgIpc) is 3.27. The van der Waals surface area contributed by atoms with Crippen molar-refractivity contribution in [3.63, 3.8) is 0 Å². The van der Waals surface area contributed by atoms with Crippen molar-refractivity contribution < 1.29 is 23.8 Å². The zero-order chi connectivity index (χ0) is 22.8. The number of amides is 2. The molecule has 3 heterocycles. The van der Waals surface area contributed by atoms with Gasteiger partial charge in [-0.15, -0.1) is 0 Å². The zero-order valence-electron chi connectivity index (χ0n) is 18.2. The molecule has 5 rings (SSSR count). The van der Waals surface area contributed by atoms with E-state index in [0.717, 1.165) is 11.3 Å². The Morgan fingerprint density at radius 2 is 1.97 bits per heavy atom. The highest BCUT2D eigenvalue weighted by Crippen LogP contribution is 2.33. The lowest BCUT2D eigenvalue weighted by molar-refractivity contribution is -0.139. The van der Waals surface area contributed by atoms with E-state index >= 15 is 0 Å². The van der Waals surface area contributed by atoms with Crippen LogP contribution in [0, 0.1) is 0 Å². The molecule has 3 aliphatic heterocycles. The maximum atomic E-state index is 13.0. The smallest absolute Gasteiger partial charge is 0.267 e. The summed E-state index contributed by atoms with van der Waals surface area (Å²) in [6.07, 6.45) is 2.12. The molecule has 33 heavy (non-hydrogen) atoms. The lowest BCUT2D eigenvalue weighted by atomic mass is 10.0. The lowest BCUT2D eigenvalue weighted by Gasteiger charge is -2.29. The van der Waals surface area contributed by atoms with Gasteiger partial charge in [0.2, 0.25) is 5.91 Å². The molecule has 172 valence electrons. The van der Waals surface area contributed by atoms with E-state index in [4.69, 9.17) is 14.2 Å². The van der Waals surface area contributed by atoms with Gasteiger partial charge in [0, 0.05) is 11.8 Å². The summed E-state index contributed by atoms with van der Waals surface area (Å²) in [5.74, 6) is 1.46. The van der Waals surface area contributed by atoms with Crippen molar-refractivity contribution in [1.82, 2.24) is 15.4 Å². The molecule has 1 fully saturated rings. The second kappa shape index (κ2) is 8.99.